The molecule has 0 saturated heterocycles. The highest BCUT2D eigenvalue weighted by molar-refractivity contribution is 5.96. The Morgan fingerprint density at radius 3 is 2.59 bits per heavy atom. The lowest BCUT2D eigenvalue weighted by molar-refractivity contribution is -0.131. The highest BCUT2D eigenvalue weighted by Crippen LogP contribution is 2.31. The fourth-order valence-corrected chi connectivity index (χ4v) is 2.02. The van der Waals surface area contributed by atoms with Crippen LogP contribution in [-0.2, 0) is 9.53 Å². The maximum Gasteiger partial charge on any atom is 0.328 e. The van der Waals surface area contributed by atoms with Gasteiger partial charge < -0.3 is 14.6 Å². The minimum absolute atomic E-state index is 0.0639. The Kier molecular flexibility index (Phi) is 5.27. The van der Waals surface area contributed by atoms with E-state index in [0.717, 1.165) is 6.08 Å². The van der Waals surface area contributed by atoms with Crippen molar-refractivity contribution in [3.05, 3.63) is 71.6 Å². The zero-order valence-corrected chi connectivity index (χ0v) is 12.0. The molecule has 0 spiro atoms. The van der Waals surface area contributed by atoms with Gasteiger partial charge >= 0.3 is 5.97 Å². The lowest BCUT2D eigenvalue weighted by Gasteiger charge is -2.14. The highest BCUT2D eigenvalue weighted by Gasteiger charge is 2.14. The van der Waals surface area contributed by atoms with Gasteiger partial charge in [0.05, 0.1) is 0 Å². The third kappa shape index (κ3) is 3.93. The molecule has 0 aliphatic carbocycles. The second kappa shape index (κ2) is 7.38. The van der Waals surface area contributed by atoms with Crippen molar-refractivity contribution >= 4 is 11.5 Å². The van der Waals surface area contributed by atoms with E-state index in [9.17, 15) is 9.18 Å². The summed E-state index contributed by atoms with van der Waals surface area (Å²) in [5.74, 6) is -1.35. The Morgan fingerprint density at radius 2 is 1.95 bits per heavy atom. The molecule has 0 atom stereocenters. The van der Waals surface area contributed by atoms with Gasteiger partial charge in [0.15, 0.2) is 6.79 Å². The molecule has 1 N–H and O–H groups in total. The van der Waals surface area contributed by atoms with Crippen LogP contribution in [0.15, 0.2) is 54.6 Å². The van der Waals surface area contributed by atoms with Crippen molar-refractivity contribution in [3.8, 4) is 5.75 Å². The van der Waals surface area contributed by atoms with E-state index in [-0.39, 0.29) is 12.5 Å². The predicted molar refractivity (Wildman–Crippen MR) is 80.1 cm³/mol. The SMILES string of the molecule is COCOc1cc(F)ccc1C(=CC(=O)O)c1ccccc1. The fourth-order valence-electron chi connectivity index (χ4n) is 2.02. The number of ether oxygens (including phenoxy) is 2. The molecule has 2 rings (SSSR count). The molecular weight excluding hydrogens is 287 g/mol. The number of hydrogen-bond donors (Lipinski definition) is 1. The summed E-state index contributed by atoms with van der Waals surface area (Å²) < 4.78 is 23.6. The average Bonchev–Trinajstić information content (AvgIpc) is 2.52. The summed E-state index contributed by atoms with van der Waals surface area (Å²) in [5, 5.41) is 9.11. The van der Waals surface area contributed by atoms with Gasteiger partial charge in [-0.05, 0) is 23.3 Å². The summed E-state index contributed by atoms with van der Waals surface area (Å²) in [7, 11) is 1.45. The largest absolute Gasteiger partial charge is 0.478 e. The smallest absolute Gasteiger partial charge is 0.328 e. The Bertz CT molecular complexity index is 680. The molecule has 4 nitrogen and oxygen atoms in total. The summed E-state index contributed by atoms with van der Waals surface area (Å²) in [6.45, 7) is -0.0639. The van der Waals surface area contributed by atoms with Crippen LogP contribution in [0.2, 0.25) is 0 Å². The summed E-state index contributed by atoms with van der Waals surface area (Å²) in [6.07, 6.45) is 1.07. The van der Waals surface area contributed by atoms with Crippen molar-refractivity contribution in [2.75, 3.05) is 13.9 Å². The number of hydrogen-bond acceptors (Lipinski definition) is 3. The van der Waals surface area contributed by atoms with E-state index in [1.807, 2.05) is 6.07 Å². The average molecular weight is 302 g/mol. The molecule has 0 unspecified atom stereocenters. The van der Waals surface area contributed by atoms with Crippen LogP contribution in [0, 0.1) is 5.82 Å². The van der Waals surface area contributed by atoms with Gasteiger partial charge in [-0.15, -0.1) is 0 Å². The maximum absolute atomic E-state index is 13.4. The maximum atomic E-state index is 13.4. The van der Waals surface area contributed by atoms with Gasteiger partial charge in [-0.25, -0.2) is 9.18 Å². The Morgan fingerprint density at radius 1 is 1.23 bits per heavy atom. The fraction of sp³-hybridized carbons (Fsp3) is 0.118. The Balaban J connectivity index is 2.55. The van der Waals surface area contributed by atoms with Crippen molar-refractivity contribution in [2.24, 2.45) is 0 Å². The van der Waals surface area contributed by atoms with Gasteiger partial charge in [0.1, 0.15) is 11.6 Å². The molecule has 2 aromatic carbocycles. The number of halogens is 1. The molecular formula is C17H15FO4. The van der Waals surface area contributed by atoms with Crippen LogP contribution < -0.4 is 4.74 Å². The van der Waals surface area contributed by atoms with Crippen molar-refractivity contribution in [2.45, 2.75) is 0 Å². The summed E-state index contributed by atoms with van der Waals surface area (Å²) in [4.78, 5) is 11.1. The van der Waals surface area contributed by atoms with Crippen molar-refractivity contribution in [1.82, 2.24) is 0 Å². The second-order valence-electron chi connectivity index (χ2n) is 4.45. The zero-order chi connectivity index (χ0) is 15.9. The molecule has 0 aliphatic rings. The first-order valence-corrected chi connectivity index (χ1v) is 6.53. The molecule has 0 saturated carbocycles. The standard InChI is InChI=1S/C17H15FO4/c1-21-11-22-16-9-13(18)7-8-14(16)15(10-17(19)20)12-5-3-2-4-6-12/h2-10H,11H2,1H3,(H,19,20). The van der Waals surface area contributed by atoms with Gasteiger partial charge in [-0.3, -0.25) is 0 Å². The third-order valence-corrected chi connectivity index (χ3v) is 2.92. The van der Waals surface area contributed by atoms with Crippen molar-refractivity contribution < 1.29 is 23.8 Å². The first kappa shape index (κ1) is 15.7. The summed E-state index contributed by atoms with van der Waals surface area (Å²) >= 11 is 0. The Hall–Kier alpha value is -2.66. The van der Waals surface area contributed by atoms with Gasteiger partial charge in [-0.2, -0.15) is 0 Å². The van der Waals surface area contributed by atoms with Crippen LogP contribution in [0.1, 0.15) is 11.1 Å². The van der Waals surface area contributed by atoms with E-state index in [0.29, 0.717) is 16.7 Å². The lowest BCUT2D eigenvalue weighted by atomic mass is 9.96. The van der Waals surface area contributed by atoms with Crippen LogP contribution >= 0.6 is 0 Å². The normalized spacial score (nSPS) is 11.3. The van der Waals surface area contributed by atoms with Crippen molar-refractivity contribution in [1.29, 1.82) is 0 Å². The number of benzene rings is 2. The van der Waals surface area contributed by atoms with E-state index < -0.39 is 11.8 Å². The molecule has 22 heavy (non-hydrogen) atoms. The highest BCUT2D eigenvalue weighted by atomic mass is 19.1. The molecule has 0 amide bonds. The van der Waals surface area contributed by atoms with Crippen LogP contribution in [0.25, 0.3) is 5.57 Å². The number of carbonyl (C=O) groups is 1. The summed E-state index contributed by atoms with van der Waals surface area (Å²) in [6, 6.07) is 12.9. The monoisotopic (exact) mass is 302 g/mol. The topological polar surface area (TPSA) is 55.8 Å². The second-order valence-corrected chi connectivity index (χ2v) is 4.45. The molecule has 0 radical (unpaired) electrons. The van der Waals surface area contributed by atoms with E-state index in [1.54, 1.807) is 24.3 Å². The van der Waals surface area contributed by atoms with E-state index in [2.05, 4.69) is 0 Å². The van der Waals surface area contributed by atoms with E-state index in [4.69, 9.17) is 14.6 Å². The minimum atomic E-state index is -1.10. The quantitative estimate of drug-likeness (QED) is 0.657. The van der Waals surface area contributed by atoms with Crippen LogP contribution in [0.3, 0.4) is 0 Å². The molecule has 5 heteroatoms. The van der Waals surface area contributed by atoms with E-state index in [1.165, 1.54) is 25.3 Å². The van der Waals surface area contributed by atoms with E-state index >= 15 is 0 Å². The molecule has 0 aliphatic heterocycles. The first-order valence-electron chi connectivity index (χ1n) is 6.53. The first-order chi connectivity index (χ1) is 10.6. The van der Waals surface area contributed by atoms with Gasteiger partial charge in [-0.1, -0.05) is 30.3 Å². The lowest BCUT2D eigenvalue weighted by Crippen LogP contribution is -2.03. The van der Waals surface area contributed by atoms with Crippen molar-refractivity contribution in [3.63, 3.8) is 0 Å². The number of carboxylic acids is 1. The van der Waals surface area contributed by atoms with Crippen LogP contribution in [-0.4, -0.2) is 25.0 Å². The zero-order valence-electron chi connectivity index (χ0n) is 12.0. The molecule has 2 aromatic rings. The molecule has 0 heterocycles. The molecule has 114 valence electrons. The van der Waals surface area contributed by atoms with Crippen LogP contribution in [0.5, 0.6) is 5.75 Å². The predicted octanol–water partition coefficient (Wildman–Crippen LogP) is 3.32. The number of rotatable bonds is 6. The number of aliphatic carboxylic acids is 1. The number of methoxy groups -OCH3 is 1. The van der Waals surface area contributed by atoms with Gasteiger partial charge in [0, 0.05) is 24.8 Å². The third-order valence-electron chi connectivity index (χ3n) is 2.92. The summed E-state index contributed by atoms with van der Waals surface area (Å²) in [5.41, 5.74) is 1.60. The van der Waals surface area contributed by atoms with Gasteiger partial charge in [0.2, 0.25) is 0 Å². The van der Waals surface area contributed by atoms with Crippen LogP contribution in [0.4, 0.5) is 4.39 Å². The molecule has 0 fully saturated rings. The van der Waals surface area contributed by atoms with Gasteiger partial charge in [0.25, 0.3) is 0 Å². The molecule has 0 bridgehead atoms. The molecule has 0 aromatic heterocycles. The minimum Gasteiger partial charge on any atom is -0.478 e. The Labute approximate surface area is 127 Å². The number of carboxylic acid groups (broad SMARTS) is 1.